The average Bonchev–Trinajstić information content (AvgIpc) is 2.66. The van der Waals surface area contributed by atoms with Crippen LogP contribution in [0.5, 0.6) is 0 Å². The highest BCUT2D eigenvalue weighted by Crippen LogP contribution is 2.23. The van der Waals surface area contributed by atoms with Gasteiger partial charge in [-0.25, -0.2) is 4.68 Å². The summed E-state index contributed by atoms with van der Waals surface area (Å²) in [5.41, 5.74) is 6.10. The number of hydrogen-bond donors (Lipinski definition) is 1. The minimum Gasteiger partial charge on any atom is -0.314 e. The van der Waals surface area contributed by atoms with E-state index in [1.54, 1.807) is 0 Å². The van der Waals surface area contributed by atoms with E-state index in [1.807, 2.05) is 0 Å². The molecule has 0 aliphatic rings. The minimum atomic E-state index is 0.523. The van der Waals surface area contributed by atoms with Gasteiger partial charge in [0.05, 0.1) is 11.4 Å². The van der Waals surface area contributed by atoms with Crippen LogP contribution in [0.25, 0.3) is 5.69 Å². The highest BCUT2D eigenvalue weighted by atomic mass is 79.9. The summed E-state index contributed by atoms with van der Waals surface area (Å²) < 4.78 is 3.17. The molecule has 0 amide bonds. The molecule has 0 saturated heterocycles. The van der Waals surface area contributed by atoms with Gasteiger partial charge in [-0.1, -0.05) is 29.8 Å². The number of aromatic nitrogens is 2. The summed E-state index contributed by atoms with van der Waals surface area (Å²) in [5, 5.41) is 8.22. The molecule has 0 spiro atoms. The molecule has 114 valence electrons. The normalized spacial score (nSPS) is 11.4. The molecule has 0 aliphatic heterocycles. The van der Waals surface area contributed by atoms with Crippen molar-refractivity contribution < 1.29 is 0 Å². The number of benzene rings is 1. The van der Waals surface area contributed by atoms with E-state index in [0.717, 1.165) is 28.8 Å². The van der Waals surface area contributed by atoms with E-state index >= 15 is 0 Å². The average molecular weight is 350 g/mol. The van der Waals surface area contributed by atoms with E-state index in [9.17, 15) is 0 Å². The van der Waals surface area contributed by atoms with Crippen LogP contribution in [0.15, 0.2) is 22.7 Å². The maximum Gasteiger partial charge on any atom is 0.0678 e. The number of halogens is 1. The van der Waals surface area contributed by atoms with Gasteiger partial charge in [-0.2, -0.15) is 5.10 Å². The number of rotatable bonds is 5. The fraction of sp³-hybridized carbons (Fsp3) is 0.471. The van der Waals surface area contributed by atoms with Gasteiger partial charge < -0.3 is 5.32 Å². The van der Waals surface area contributed by atoms with E-state index < -0.39 is 0 Å². The van der Waals surface area contributed by atoms with Crippen LogP contribution in [-0.2, 0) is 6.42 Å². The van der Waals surface area contributed by atoms with E-state index in [0.29, 0.717) is 6.04 Å². The Balaban J connectivity index is 2.30. The summed E-state index contributed by atoms with van der Waals surface area (Å²) in [6.07, 6.45) is 1.02. The fourth-order valence-electron chi connectivity index (χ4n) is 2.61. The predicted molar refractivity (Wildman–Crippen MR) is 92.3 cm³/mol. The predicted octanol–water partition coefficient (Wildman–Crippen LogP) is 4.10. The van der Waals surface area contributed by atoms with Crippen molar-refractivity contribution in [2.75, 3.05) is 6.54 Å². The molecule has 1 heterocycles. The SMILES string of the molecule is Cc1cc(Br)ccc1-n1nc(C)c(CCNC(C)C)c1C. The first kappa shape index (κ1) is 16.2. The lowest BCUT2D eigenvalue weighted by atomic mass is 10.1. The first-order chi connectivity index (χ1) is 9.90. The molecule has 0 unspecified atom stereocenters. The lowest BCUT2D eigenvalue weighted by Gasteiger charge is -2.10. The molecule has 0 atom stereocenters. The van der Waals surface area contributed by atoms with Crippen LogP contribution >= 0.6 is 15.9 Å². The summed E-state index contributed by atoms with van der Waals surface area (Å²) in [4.78, 5) is 0. The van der Waals surface area contributed by atoms with Crippen molar-refractivity contribution in [2.24, 2.45) is 0 Å². The monoisotopic (exact) mass is 349 g/mol. The molecule has 1 aromatic carbocycles. The molecule has 2 aromatic rings. The van der Waals surface area contributed by atoms with Crippen molar-refractivity contribution in [3.05, 3.63) is 45.2 Å². The van der Waals surface area contributed by atoms with Crippen LogP contribution in [0.1, 0.15) is 36.4 Å². The molecular weight excluding hydrogens is 326 g/mol. The van der Waals surface area contributed by atoms with Crippen molar-refractivity contribution in [1.29, 1.82) is 0 Å². The molecule has 21 heavy (non-hydrogen) atoms. The molecule has 0 bridgehead atoms. The summed E-state index contributed by atoms with van der Waals surface area (Å²) in [5.74, 6) is 0. The second-order valence-electron chi connectivity index (χ2n) is 5.85. The van der Waals surface area contributed by atoms with Gasteiger partial charge in [-0.3, -0.25) is 0 Å². The Hall–Kier alpha value is -1.13. The summed E-state index contributed by atoms with van der Waals surface area (Å²) in [7, 11) is 0. The molecule has 3 nitrogen and oxygen atoms in total. The standard InChI is InChI=1S/C17H24BrN3/c1-11(2)19-9-8-16-13(4)20-21(14(16)5)17-7-6-15(18)10-12(17)3/h6-7,10-11,19H,8-9H2,1-5H3. The summed E-state index contributed by atoms with van der Waals surface area (Å²) in [6, 6.07) is 6.84. The molecule has 0 fully saturated rings. The third kappa shape index (κ3) is 3.74. The maximum absolute atomic E-state index is 4.74. The highest BCUT2D eigenvalue weighted by molar-refractivity contribution is 9.10. The van der Waals surface area contributed by atoms with E-state index in [4.69, 9.17) is 5.10 Å². The second-order valence-corrected chi connectivity index (χ2v) is 6.77. The highest BCUT2D eigenvalue weighted by Gasteiger charge is 2.14. The molecule has 1 aromatic heterocycles. The zero-order valence-corrected chi connectivity index (χ0v) is 15.1. The van der Waals surface area contributed by atoms with Gasteiger partial charge in [0.25, 0.3) is 0 Å². The topological polar surface area (TPSA) is 29.9 Å². The molecule has 1 N–H and O–H groups in total. The van der Waals surface area contributed by atoms with Crippen LogP contribution in [0, 0.1) is 20.8 Å². The van der Waals surface area contributed by atoms with Crippen molar-refractivity contribution in [1.82, 2.24) is 15.1 Å². The Labute approximate surface area is 135 Å². The van der Waals surface area contributed by atoms with Gasteiger partial charge >= 0.3 is 0 Å². The fourth-order valence-corrected chi connectivity index (χ4v) is 3.09. The first-order valence-corrected chi connectivity index (χ1v) is 8.24. The van der Waals surface area contributed by atoms with Crippen molar-refractivity contribution in [3.8, 4) is 5.69 Å². The largest absolute Gasteiger partial charge is 0.314 e. The number of aryl methyl sites for hydroxylation is 2. The lowest BCUT2D eigenvalue weighted by molar-refractivity contribution is 0.589. The van der Waals surface area contributed by atoms with Crippen LogP contribution in [0.4, 0.5) is 0 Å². The third-order valence-electron chi connectivity index (χ3n) is 3.76. The smallest absolute Gasteiger partial charge is 0.0678 e. The quantitative estimate of drug-likeness (QED) is 0.880. The molecule has 0 radical (unpaired) electrons. The summed E-state index contributed by atoms with van der Waals surface area (Å²) in [6.45, 7) is 11.7. The molecule has 4 heteroatoms. The summed E-state index contributed by atoms with van der Waals surface area (Å²) >= 11 is 3.52. The third-order valence-corrected chi connectivity index (χ3v) is 4.25. The second kappa shape index (κ2) is 6.75. The number of hydrogen-bond acceptors (Lipinski definition) is 2. The van der Waals surface area contributed by atoms with Crippen LogP contribution < -0.4 is 5.32 Å². The number of nitrogens with one attached hydrogen (secondary N) is 1. The molecule has 0 aliphatic carbocycles. The van der Waals surface area contributed by atoms with E-state index in [2.05, 4.69) is 78.7 Å². The van der Waals surface area contributed by atoms with Gasteiger partial charge in [0.2, 0.25) is 0 Å². The molecule has 2 rings (SSSR count). The Bertz CT molecular complexity index is 629. The Kier molecular flexibility index (Phi) is 5.22. The Morgan fingerprint density at radius 2 is 1.95 bits per heavy atom. The Morgan fingerprint density at radius 3 is 2.57 bits per heavy atom. The van der Waals surface area contributed by atoms with Gasteiger partial charge in [-0.05, 0) is 63.1 Å². The van der Waals surface area contributed by atoms with Crippen LogP contribution in [0.2, 0.25) is 0 Å². The van der Waals surface area contributed by atoms with Crippen LogP contribution in [-0.4, -0.2) is 22.4 Å². The van der Waals surface area contributed by atoms with E-state index in [-0.39, 0.29) is 0 Å². The lowest BCUT2D eigenvalue weighted by Crippen LogP contribution is -2.25. The Morgan fingerprint density at radius 1 is 1.24 bits per heavy atom. The van der Waals surface area contributed by atoms with Gasteiger partial charge in [0.1, 0.15) is 0 Å². The molecule has 0 saturated carbocycles. The van der Waals surface area contributed by atoms with Crippen molar-refractivity contribution in [3.63, 3.8) is 0 Å². The minimum absolute atomic E-state index is 0.523. The van der Waals surface area contributed by atoms with Crippen LogP contribution in [0.3, 0.4) is 0 Å². The zero-order valence-electron chi connectivity index (χ0n) is 13.5. The van der Waals surface area contributed by atoms with Gasteiger partial charge in [0.15, 0.2) is 0 Å². The van der Waals surface area contributed by atoms with Gasteiger partial charge in [0, 0.05) is 16.2 Å². The van der Waals surface area contributed by atoms with Crippen molar-refractivity contribution >= 4 is 15.9 Å². The van der Waals surface area contributed by atoms with E-state index in [1.165, 1.54) is 16.8 Å². The van der Waals surface area contributed by atoms with Gasteiger partial charge in [-0.15, -0.1) is 0 Å². The zero-order chi connectivity index (χ0) is 15.6. The maximum atomic E-state index is 4.74. The number of nitrogens with zero attached hydrogens (tertiary/aromatic N) is 2. The van der Waals surface area contributed by atoms with Crippen molar-refractivity contribution in [2.45, 2.75) is 47.1 Å². The molecular formula is C17H24BrN3. The first-order valence-electron chi connectivity index (χ1n) is 7.45.